The molecule has 2 nitrogen and oxygen atoms in total. The van der Waals surface area contributed by atoms with Gasteiger partial charge in [-0.05, 0) is 0 Å². The van der Waals surface area contributed by atoms with Crippen LogP contribution in [-0.4, -0.2) is 9.97 Å². The Hall–Kier alpha value is 0.950. The summed E-state index contributed by atoms with van der Waals surface area (Å²) in [5, 5.41) is 0. The first-order valence-electron chi connectivity index (χ1n) is 2.90. The van der Waals surface area contributed by atoms with Gasteiger partial charge in [0.05, 0.1) is 12.0 Å². The highest BCUT2D eigenvalue weighted by Gasteiger charge is 2.37. The Labute approximate surface area is 104 Å². The minimum atomic E-state index is -1.71. The van der Waals surface area contributed by atoms with E-state index in [4.69, 9.17) is 69.6 Å². The average molecular weight is 303 g/mol. The molecule has 0 saturated heterocycles. The third-order valence-electron chi connectivity index (χ3n) is 1.19. The van der Waals surface area contributed by atoms with Gasteiger partial charge in [0.25, 0.3) is 0 Å². The van der Waals surface area contributed by atoms with Crippen LogP contribution in [0.3, 0.4) is 0 Å². The maximum Gasteiger partial charge on any atom is 0.234 e. The average Bonchev–Trinajstić information content (AvgIpc) is 2.27. The zero-order chi connectivity index (χ0) is 10.3. The number of alkyl halides is 6. The van der Waals surface area contributed by atoms with E-state index >= 15 is 0 Å². The fraction of sp³-hybridized carbons (Fsp3) is 0.400. The summed E-state index contributed by atoms with van der Waals surface area (Å²) in [6.45, 7) is 0. The molecule has 0 aromatic carbocycles. The Morgan fingerprint density at radius 1 is 1.00 bits per heavy atom. The highest BCUT2D eigenvalue weighted by Crippen LogP contribution is 2.46. The van der Waals surface area contributed by atoms with Crippen LogP contribution in [0, 0.1) is 0 Å². The molecular formula is C5H2Cl6N2. The molecule has 1 N–H and O–H groups in total. The van der Waals surface area contributed by atoms with E-state index in [-0.39, 0.29) is 11.4 Å². The van der Waals surface area contributed by atoms with Crippen LogP contribution in [0.5, 0.6) is 0 Å². The standard InChI is InChI=1S/C5H2Cl6N2/c6-4(7,8)2-3(5(9,10)11)13-1-12-2/h1H,(H,12,13). The second kappa shape index (κ2) is 3.84. The number of hydrogen-bond acceptors (Lipinski definition) is 1. The molecule has 0 fully saturated rings. The van der Waals surface area contributed by atoms with Gasteiger partial charge in [0.1, 0.15) is 5.69 Å². The summed E-state index contributed by atoms with van der Waals surface area (Å²) >= 11 is 33.5. The molecule has 8 heteroatoms. The van der Waals surface area contributed by atoms with E-state index in [9.17, 15) is 0 Å². The van der Waals surface area contributed by atoms with E-state index in [1.165, 1.54) is 6.33 Å². The van der Waals surface area contributed by atoms with Crippen LogP contribution in [0.25, 0.3) is 0 Å². The van der Waals surface area contributed by atoms with Crippen LogP contribution in [-0.2, 0) is 7.59 Å². The van der Waals surface area contributed by atoms with Crippen LogP contribution >= 0.6 is 69.6 Å². The second-order valence-corrected chi connectivity index (χ2v) is 6.68. The molecule has 74 valence electrons. The first-order chi connectivity index (χ1) is 5.73. The topological polar surface area (TPSA) is 28.7 Å². The molecule has 0 aliphatic rings. The number of nitrogens with one attached hydrogen (secondary N) is 1. The lowest BCUT2D eigenvalue weighted by Gasteiger charge is -2.15. The summed E-state index contributed by atoms with van der Waals surface area (Å²) in [5.41, 5.74) is 0.231. The number of imidazole rings is 1. The van der Waals surface area contributed by atoms with Crippen LogP contribution in [0.4, 0.5) is 0 Å². The van der Waals surface area contributed by atoms with Gasteiger partial charge in [0.2, 0.25) is 7.59 Å². The smallest absolute Gasteiger partial charge is 0.234 e. The number of nitrogens with zero attached hydrogens (tertiary/aromatic N) is 1. The van der Waals surface area contributed by atoms with Crippen molar-refractivity contribution in [1.82, 2.24) is 9.97 Å². The van der Waals surface area contributed by atoms with Gasteiger partial charge >= 0.3 is 0 Å². The van der Waals surface area contributed by atoms with E-state index in [0.717, 1.165) is 0 Å². The predicted octanol–water partition coefficient (Wildman–Crippen LogP) is 4.06. The van der Waals surface area contributed by atoms with Gasteiger partial charge in [-0.25, -0.2) is 4.98 Å². The Morgan fingerprint density at radius 3 is 1.85 bits per heavy atom. The van der Waals surface area contributed by atoms with E-state index in [2.05, 4.69) is 9.97 Å². The number of aromatic amines is 1. The van der Waals surface area contributed by atoms with Gasteiger partial charge in [-0.3, -0.25) is 0 Å². The van der Waals surface area contributed by atoms with Crippen LogP contribution < -0.4 is 0 Å². The lowest BCUT2D eigenvalue weighted by atomic mass is 10.4. The van der Waals surface area contributed by atoms with E-state index < -0.39 is 7.59 Å². The fourth-order valence-electron chi connectivity index (χ4n) is 0.725. The molecule has 13 heavy (non-hydrogen) atoms. The molecule has 1 rings (SSSR count). The summed E-state index contributed by atoms with van der Waals surface area (Å²) in [4.78, 5) is 6.34. The molecule has 0 bridgehead atoms. The van der Waals surface area contributed by atoms with E-state index in [1.54, 1.807) is 0 Å². The number of H-pyrrole nitrogens is 1. The molecule has 0 amide bonds. The number of aromatic nitrogens is 2. The van der Waals surface area contributed by atoms with Crippen LogP contribution in [0.2, 0.25) is 0 Å². The first kappa shape index (κ1) is 12.0. The van der Waals surface area contributed by atoms with E-state index in [0.29, 0.717) is 0 Å². The highest BCUT2D eigenvalue weighted by molar-refractivity contribution is 6.68. The maximum absolute atomic E-state index is 5.59. The molecule has 1 aromatic rings. The van der Waals surface area contributed by atoms with Crippen LogP contribution in [0.1, 0.15) is 11.4 Å². The summed E-state index contributed by atoms with van der Waals surface area (Å²) < 4.78 is -3.39. The molecule has 1 heterocycles. The van der Waals surface area contributed by atoms with Gasteiger partial charge in [0.15, 0.2) is 0 Å². The minimum Gasteiger partial charge on any atom is -0.345 e. The van der Waals surface area contributed by atoms with Crippen molar-refractivity contribution in [3.63, 3.8) is 0 Å². The van der Waals surface area contributed by atoms with Crippen molar-refractivity contribution in [1.29, 1.82) is 0 Å². The van der Waals surface area contributed by atoms with E-state index in [1.807, 2.05) is 0 Å². The van der Waals surface area contributed by atoms with Gasteiger partial charge in [-0.1, -0.05) is 69.6 Å². The summed E-state index contributed by atoms with van der Waals surface area (Å²) in [7, 11) is 0. The molecule has 0 aliphatic carbocycles. The number of halogens is 6. The van der Waals surface area contributed by atoms with Gasteiger partial charge in [-0.2, -0.15) is 0 Å². The minimum absolute atomic E-state index is 0.0810. The van der Waals surface area contributed by atoms with Crippen LogP contribution in [0.15, 0.2) is 6.33 Å². The van der Waals surface area contributed by atoms with Crippen molar-refractivity contribution in [2.24, 2.45) is 0 Å². The molecule has 0 aliphatic heterocycles. The molecule has 0 radical (unpaired) electrons. The maximum atomic E-state index is 5.59. The Bertz CT molecular complexity index is 266. The van der Waals surface area contributed by atoms with Crippen molar-refractivity contribution in [2.45, 2.75) is 7.59 Å². The zero-order valence-electron chi connectivity index (χ0n) is 5.79. The third-order valence-corrected chi connectivity index (χ3v) is 2.30. The highest BCUT2D eigenvalue weighted by atomic mass is 35.6. The van der Waals surface area contributed by atoms with Crippen molar-refractivity contribution >= 4 is 69.6 Å². The normalized spacial score (nSPS) is 13.4. The lowest BCUT2D eigenvalue weighted by Crippen LogP contribution is -2.11. The molecule has 0 saturated carbocycles. The summed E-state index contributed by atoms with van der Waals surface area (Å²) in [6, 6.07) is 0. The molecule has 0 atom stereocenters. The molecule has 0 unspecified atom stereocenters. The van der Waals surface area contributed by atoms with Crippen molar-refractivity contribution in [3.8, 4) is 0 Å². The van der Waals surface area contributed by atoms with Crippen molar-refractivity contribution in [3.05, 3.63) is 17.7 Å². The Balaban J connectivity index is 3.19. The largest absolute Gasteiger partial charge is 0.345 e. The fourth-order valence-corrected chi connectivity index (χ4v) is 1.59. The lowest BCUT2D eigenvalue weighted by molar-refractivity contribution is 1.04. The predicted molar refractivity (Wildman–Crippen MR) is 57.1 cm³/mol. The second-order valence-electron chi connectivity index (χ2n) is 2.12. The Kier molecular flexibility index (Phi) is 3.55. The zero-order valence-corrected chi connectivity index (χ0v) is 10.3. The van der Waals surface area contributed by atoms with Crippen molar-refractivity contribution < 1.29 is 0 Å². The third kappa shape index (κ3) is 2.95. The quantitative estimate of drug-likeness (QED) is 0.719. The SMILES string of the molecule is ClC(Cl)(Cl)c1nc[nH]c1C(Cl)(Cl)Cl. The molecule has 0 spiro atoms. The summed E-state index contributed by atoms with van der Waals surface area (Å²) in [6.07, 6.45) is 1.29. The molecule has 1 aromatic heterocycles. The van der Waals surface area contributed by atoms with Gasteiger partial charge in [-0.15, -0.1) is 0 Å². The van der Waals surface area contributed by atoms with Gasteiger partial charge < -0.3 is 4.98 Å². The first-order valence-corrected chi connectivity index (χ1v) is 5.17. The Morgan fingerprint density at radius 2 is 1.54 bits per heavy atom. The monoisotopic (exact) mass is 300 g/mol. The number of hydrogen-bond donors (Lipinski definition) is 1. The van der Waals surface area contributed by atoms with Gasteiger partial charge in [0, 0.05) is 0 Å². The van der Waals surface area contributed by atoms with Crippen molar-refractivity contribution in [2.75, 3.05) is 0 Å². The number of rotatable bonds is 0. The molecular weight excluding hydrogens is 301 g/mol. The summed E-state index contributed by atoms with van der Waals surface area (Å²) in [5.74, 6) is 0.